The third-order valence-electron chi connectivity index (χ3n) is 2.14. The molecule has 1 amide bonds. The molecule has 0 aliphatic rings. The first-order valence-corrected chi connectivity index (χ1v) is 5.14. The number of hydrogen-bond acceptors (Lipinski definition) is 3. The molecular formula is C12H16N2O2. The topological polar surface area (TPSA) is 59.1 Å². The van der Waals surface area contributed by atoms with Gasteiger partial charge in [-0.05, 0) is 12.1 Å². The molecular weight excluding hydrogens is 204 g/mol. The smallest absolute Gasteiger partial charge is 0.270 e. The maximum absolute atomic E-state index is 11.6. The van der Waals surface area contributed by atoms with Crippen LogP contribution in [0, 0.1) is 5.41 Å². The minimum atomic E-state index is -0.433. The maximum atomic E-state index is 11.6. The van der Waals surface area contributed by atoms with E-state index in [9.17, 15) is 9.59 Å². The van der Waals surface area contributed by atoms with E-state index in [1.807, 2.05) is 20.8 Å². The van der Waals surface area contributed by atoms with Crippen LogP contribution < -0.4 is 5.32 Å². The van der Waals surface area contributed by atoms with Crippen molar-refractivity contribution in [3.05, 3.63) is 30.1 Å². The van der Waals surface area contributed by atoms with Gasteiger partial charge in [-0.2, -0.15) is 0 Å². The summed E-state index contributed by atoms with van der Waals surface area (Å²) in [4.78, 5) is 27.0. The Hall–Kier alpha value is -1.71. The molecule has 0 fully saturated rings. The highest BCUT2D eigenvalue weighted by Crippen LogP contribution is 2.13. The Morgan fingerprint density at radius 3 is 2.50 bits per heavy atom. The Balaban J connectivity index is 2.52. The molecule has 0 atom stereocenters. The van der Waals surface area contributed by atoms with Gasteiger partial charge in [0.05, 0.1) is 6.54 Å². The van der Waals surface area contributed by atoms with Crippen LogP contribution in [0.3, 0.4) is 0 Å². The zero-order valence-electron chi connectivity index (χ0n) is 9.78. The van der Waals surface area contributed by atoms with E-state index in [2.05, 4.69) is 10.3 Å². The quantitative estimate of drug-likeness (QED) is 0.838. The molecule has 1 aromatic rings. The summed E-state index contributed by atoms with van der Waals surface area (Å²) in [7, 11) is 0. The van der Waals surface area contributed by atoms with Crippen molar-refractivity contribution in [3.8, 4) is 0 Å². The van der Waals surface area contributed by atoms with Crippen molar-refractivity contribution in [3.63, 3.8) is 0 Å². The van der Waals surface area contributed by atoms with Gasteiger partial charge in [-0.1, -0.05) is 26.8 Å². The van der Waals surface area contributed by atoms with Gasteiger partial charge in [0.15, 0.2) is 5.78 Å². The molecule has 86 valence electrons. The van der Waals surface area contributed by atoms with E-state index in [1.165, 1.54) is 0 Å². The van der Waals surface area contributed by atoms with Crippen molar-refractivity contribution in [2.75, 3.05) is 6.54 Å². The maximum Gasteiger partial charge on any atom is 0.270 e. The van der Waals surface area contributed by atoms with Crippen molar-refractivity contribution in [2.45, 2.75) is 20.8 Å². The van der Waals surface area contributed by atoms with Crippen LogP contribution in [0.5, 0.6) is 0 Å². The Bertz CT molecular complexity index is 380. The molecule has 0 bridgehead atoms. The Labute approximate surface area is 95.1 Å². The summed E-state index contributed by atoms with van der Waals surface area (Å²) in [6.45, 7) is 5.51. The van der Waals surface area contributed by atoms with E-state index in [0.29, 0.717) is 5.69 Å². The second-order valence-electron chi connectivity index (χ2n) is 4.57. The monoisotopic (exact) mass is 220 g/mol. The fourth-order valence-electron chi connectivity index (χ4n) is 1.01. The molecule has 1 heterocycles. The minimum Gasteiger partial charge on any atom is -0.344 e. The van der Waals surface area contributed by atoms with E-state index in [-0.39, 0.29) is 18.2 Å². The Morgan fingerprint density at radius 1 is 1.31 bits per heavy atom. The van der Waals surface area contributed by atoms with E-state index in [1.54, 1.807) is 24.4 Å². The van der Waals surface area contributed by atoms with Gasteiger partial charge in [0.25, 0.3) is 5.91 Å². The van der Waals surface area contributed by atoms with Crippen LogP contribution in [0.15, 0.2) is 24.4 Å². The zero-order chi connectivity index (χ0) is 12.2. The third kappa shape index (κ3) is 3.46. The number of Topliss-reactive ketones (excluding diaryl/α,β-unsaturated/α-hetero) is 1. The molecule has 0 aromatic carbocycles. The first kappa shape index (κ1) is 12.4. The molecule has 1 N–H and O–H groups in total. The van der Waals surface area contributed by atoms with Crippen LogP contribution in [0.1, 0.15) is 31.3 Å². The normalized spacial score (nSPS) is 10.9. The van der Waals surface area contributed by atoms with Gasteiger partial charge >= 0.3 is 0 Å². The number of pyridine rings is 1. The average Bonchev–Trinajstić information content (AvgIpc) is 2.25. The van der Waals surface area contributed by atoms with Gasteiger partial charge in [0.2, 0.25) is 0 Å². The highest BCUT2D eigenvalue weighted by Gasteiger charge is 2.21. The van der Waals surface area contributed by atoms with Crippen molar-refractivity contribution < 1.29 is 9.59 Å². The summed E-state index contributed by atoms with van der Waals surface area (Å²) >= 11 is 0. The number of nitrogens with one attached hydrogen (secondary N) is 1. The van der Waals surface area contributed by atoms with E-state index >= 15 is 0 Å². The number of carbonyl (C=O) groups excluding carboxylic acids is 2. The summed E-state index contributed by atoms with van der Waals surface area (Å²) in [6.07, 6.45) is 1.54. The lowest BCUT2D eigenvalue weighted by Crippen LogP contribution is -2.35. The summed E-state index contributed by atoms with van der Waals surface area (Å²) in [5, 5.41) is 2.55. The SMILES string of the molecule is CC(C)(C)C(=O)CNC(=O)c1ccccn1. The number of amides is 1. The molecule has 0 unspecified atom stereocenters. The predicted molar refractivity (Wildman–Crippen MR) is 61.0 cm³/mol. The van der Waals surface area contributed by atoms with Crippen molar-refractivity contribution in [1.82, 2.24) is 10.3 Å². The van der Waals surface area contributed by atoms with Crippen LogP contribution in [0.2, 0.25) is 0 Å². The molecule has 1 rings (SSSR count). The summed E-state index contributed by atoms with van der Waals surface area (Å²) in [5.74, 6) is -0.324. The third-order valence-corrected chi connectivity index (χ3v) is 2.14. The summed E-state index contributed by atoms with van der Waals surface area (Å²) < 4.78 is 0. The lowest BCUT2D eigenvalue weighted by atomic mass is 9.91. The fraction of sp³-hybridized carbons (Fsp3) is 0.417. The lowest BCUT2D eigenvalue weighted by molar-refractivity contribution is -0.125. The molecule has 0 radical (unpaired) electrons. The Morgan fingerprint density at radius 2 is 2.00 bits per heavy atom. The van der Waals surface area contributed by atoms with Crippen LogP contribution in [0.25, 0.3) is 0 Å². The van der Waals surface area contributed by atoms with Crippen LogP contribution in [0.4, 0.5) is 0 Å². The van der Waals surface area contributed by atoms with Gasteiger partial charge in [-0.3, -0.25) is 14.6 Å². The number of aromatic nitrogens is 1. The average molecular weight is 220 g/mol. The lowest BCUT2D eigenvalue weighted by Gasteiger charge is -2.16. The second kappa shape index (κ2) is 4.88. The number of hydrogen-bond donors (Lipinski definition) is 1. The zero-order valence-corrected chi connectivity index (χ0v) is 9.78. The number of carbonyl (C=O) groups is 2. The fourth-order valence-corrected chi connectivity index (χ4v) is 1.01. The van der Waals surface area contributed by atoms with Crippen molar-refractivity contribution in [1.29, 1.82) is 0 Å². The number of nitrogens with zero attached hydrogens (tertiary/aromatic N) is 1. The van der Waals surface area contributed by atoms with E-state index < -0.39 is 5.41 Å². The highest BCUT2D eigenvalue weighted by molar-refractivity contribution is 5.96. The van der Waals surface area contributed by atoms with Gasteiger partial charge in [-0.25, -0.2) is 0 Å². The predicted octanol–water partition coefficient (Wildman–Crippen LogP) is 1.43. The highest BCUT2D eigenvalue weighted by atomic mass is 16.2. The van der Waals surface area contributed by atoms with Crippen LogP contribution in [-0.2, 0) is 4.79 Å². The van der Waals surface area contributed by atoms with Gasteiger partial charge in [0, 0.05) is 11.6 Å². The van der Waals surface area contributed by atoms with Crippen LogP contribution in [-0.4, -0.2) is 23.2 Å². The molecule has 0 aliphatic heterocycles. The first-order chi connectivity index (χ1) is 7.41. The van der Waals surface area contributed by atoms with E-state index in [0.717, 1.165) is 0 Å². The standard InChI is InChI=1S/C12H16N2O2/c1-12(2,3)10(15)8-14-11(16)9-6-4-5-7-13-9/h4-7H,8H2,1-3H3,(H,14,16). The second-order valence-corrected chi connectivity index (χ2v) is 4.57. The number of ketones is 1. The first-order valence-electron chi connectivity index (χ1n) is 5.14. The molecule has 16 heavy (non-hydrogen) atoms. The van der Waals surface area contributed by atoms with E-state index in [4.69, 9.17) is 0 Å². The minimum absolute atomic E-state index is 0.00298. The van der Waals surface area contributed by atoms with Gasteiger partial charge < -0.3 is 5.32 Å². The Kier molecular flexibility index (Phi) is 3.77. The molecule has 0 aliphatic carbocycles. The molecule has 0 saturated heterocycles. The largest absolute Gasteiger partial charge is 0.344 e. The van der Waals surface area contributed by atoms with Crippen LogP contribution >= 0.6 is 0 Å². The molecule has 0 spiro atoms. The number of rotatable bonds is 3. The van der Waals surface area contributed by atoms with Gasteiger partial charge in [0.1, 0.15) is 5.69 Å². The molecule has 4 heteroatoms. The van der Waals surface area contributed by atoms with Crippen molar-refractivity contribution >= 4 is 11.7 Å². The molecule has 0 saturated carbocycles. The molecule has 1 aromatic heterocycles. The van der Waals surface area contributed by atoms with Gasteiger partial charge in [-0.15, -0.1) is 0 Å². The summed E-state index contributed by atoms with van der Waals surface area (Å²) in [5.41, 5.74) is -0.110. The molecule has 4 nitrogen and oxygen atoms in total. The van der Waals surface area contributed by atoms with Crippen molar-refractivity contribution in [2.24, 2.45) is 5.41 Å². The summed E-state index contributed by atoms with van der Waals surface area (Å²) in [6, 6.07) is 5.07.